The number of benzene rings is 2. The molecule has 0 radical (unpaired) electrons. The van der Waals surface area contributed by atoms with Crippen molar-refractivity contribution >= 4 is 11.9 Å². The highest BCUT2D eigenvalue weighted by molar-refractivity contribution is 6.08. The van der Waals surface area contributed by atoms with Crippen LogP contribution in [0.25, 0.3) is 6.08 Å². The molecule has 156 valence electrons. The largest absolute Gasteiger partial charge is 0.508 e. The number of ketones is 1. The van der Waals surface area contributed by atoms with Crippen LogP contribution < -0.4 is 9.47 Å². The van der Waals surface area contributed by atoms with Crippen LogP contribution in [0.4, 0.5) is 0 Å². The fourth-order valence-corrected chi connectivity index (χ4v) is 3.86. The number of Topliss-reactive ketones (excluding diaryl/α,β-unsaturated/α-hetero) is 1. The van der Waals surface area contributed by atoms with Gasteiger partial charge in [-0.15, -0.1) is 0 Å². The summed E-state index contributed by atoms with van der Waals surface area (Å²) in [6.45, 7) is 8.03. The lowest BCUT2D eigenvalue weighted by Crippen LogP contribution is -2.31. The molecule has 5 nitrogen and oxygen atoms in total. The number of phenols is 2. The number of ether oxygens (including phenoxy) is 2. The summed E-state index contributed by atoms with van der Waals surface area (Å²) in [6.07, 6.45) is 6.29. The van der Waals surface area contributed by atoms with Crippen molar-refractivity contribution in [2.75, 3.05) is 6.61 Å². The Hall–Kier alpha value is -3.21. The Morgan fingerprint density at radius 1 is 1.17 bits per heavy atom. The van der Waals surface area contributed by atoms with Gasteiger partial charge < -0.3 is 19.7 Å². The molecule has 2 heterocycles. The Morgan fingerprint density at radius 3 is 2.53 bits per heavy atom. The van der Waals surface area contributed by atoms with Gasteiger partial charge in [0.15, 0.2) is 5.78 Å². The van der Waals surface area contributed by atoms with E-state index in [0.717, 1.165) is 11.1 Å². The molecule has 2 N–H and O–H groups in total. The Balaban J connectivity index is 1.88. The topological polar surface area (TPSA) is 76.0 Å². The summed E-state index contributed by atoms with van der Waals surface area (Å²) in [6, 6.07) is 6.50. The Labute approximate surface area is 176 Å². The summed E-state index contributed by atoms with van der Waals surface area (Å²) in [5, 5.41) is 20.7. The second-order valence-corrected chi connectivity index (χ2v) is 8.62. The molecule has 2 aliphatic heterocycles. The average Bonchev–Trinajstić information content (AvgIpc) is 2.67. The van der Waals surface area contributed by atoms with Gasteiger partial charge >= 0.3 is 0 Å². The fourth-order valence-electron chi connectivity index (χ4n) is 3.86. The number of aromatic hydroxyl groups is 2. The zero-order valence-corrected chi connectivity index (χ0v) is 17.7. The maximum absolute atomic E-state index is 13.4. The normalized spacial score (nSPS) is 18.7. The number of carbonyl (C=O) groups is 1. The van der Waals surface area contributed by atoms with Crippen LogP contribution in [0, 0.1) is 0 Å². The molecule has 1 atom stereocenters. The highest BCUT2D eigenvalue weighted by Gasteiger charge is 2.39. The van der Waals surface area contributed by atoms with Crippen LogP contribution in [-0.2, 0) is 6.42 Å². The monoisotopic (exact) mass is 406 g/mol. The number of allylic oxidation sites excluding steroid dienone is 2. The molecule has 2 aromatic carbocycles. The predicted molar refractivity (Wildman–Crippen MR) is 116 cm³/mol. The molecule has 0 aliphatic carbocycles. The first-order valence-electron chi connectivity index (χ1n) is 10.1. The van der Waals surface area contributed by atoms with Crippen molar-refractivity contribution in [1.29, 1.82) is 0 Å². The number of carbonyl (C=O) groups excluding carboxylic acids is 1. The first-order valence-corrected chi connectivity index (χ1v) is 10.1. The van der Waals surface area contributed by atoms with Crippen molar-refractivity contribution in [2.24, 2.45) is 0 Å². The van der Waals surface area contributed by atoms with Gasteiger partial charge in [-0.1, -0.05) is 23.8 Å². The molecule has 1 unspecified atom stereocenters. The first-order chi connectivity index (χ1) is 14.2. The number of fused-ring (bicyclic) bond motifs is 3. The van der Waals surface area contributed by atoms with E-state index in [0.29, 0.717) is 29.0 Å². The summed E-state index contributed by atoms with van der Waals surface area (Å²) in [5.41, 5.74) is 2.79. The molecule has 5 heteroatoms. The quantitative estimate of drug-likeness (QED) is 0.690. The van der Waals surface area contributed by atoms with Gasteiger partial charge in [0.2, 0.25) is 0 Å². The van der Waals surface area contributed by atoms with E-state index < -0.39 is 11.5 Å². The van der Waals surface area contributed by atoms with E-state index in [2.05, 4.69) is 0 Å². The maximum atomic E-state index is 13.4. The Morgan fingerprint density at radius 2 is 1.87 bits per heavy atom. The molecule has 0 amide bonds. The average molecular weight is 406 g/mol. The highest BCUT2D eigenvalue weighted by Crippen LogP contribution is 2.50. The molecule has 2 aromatic rings. The van der Waals surface area contributed by atoms with Gasteiger partial charge in [-0.05, 0) is 64.0 Å². The molecule has 0 fully saturated rings. The van der Waals surface area contributed by atoms with E-state index in [1.54, 1.807) is 24.3 Å². The molecule has 0 saturated carbocycles. The Kier molecular flexibility index (Phi) is 4.85. The summed E-state index contributed by atoms with van der Waals surface area (Å²) >= 11 is 0. The third-order valence-electron chi connectivity index (χ3n) is 5.50. The third-order valence-corrected chi connectivity index (χ3v) is 5.50. The SMILES string of the molecule is CC(C)=CCc1c(O)c2c(c3c1OC(C)(C)C=C3)OCC(c1ccc(O)cc1)C2=O. The van der Waals surface area contributed by atoms with E-state index in [9.17, 15) is 15.0 Å². The van der Waals surface area contributed by atoms with Gasteiger partial charge in [0.05, 0.1) is 11.5 Å². The number of phenolic OH excluding ortho intramolecular Hbond substituents is 2. The smallest absolute Gasteiger partial charge is 0.181 e. The molecule has 2 aliphatic rings. The van der Waals surface area contributed by atoms with Crippen LogP contribution in [0.5, 0.6) is 23.0 Å². The van der Waals surface area contributed by atoms with Crippen molar-refractivity contribution in [2.45, 2.75) is 45.6 Å². The van der Waals surface area contributed by atoms with Crippen LogP contribution in [0.15, 0.2) is 42.0 Å². The minimum Gasteiger partial charge on any atom is -0.508 e. The van der Waals surface area contributed by atoms with E-state index in [1.807, 2.05) is 45.9 Å². The number of rotatable bonds is 3. The first kappa shape index (κ1) is 20.1. The Bertz CT molecular complexity index is 1070. The van der Waals surface area contributed by atoms with Crippen molar-refractivity contribution in [3.63, 3.8) is 0 Å². The highest BCUT2D eigenvalue weighted by atomic mass is 16.5. The summed E-state index contributed by atoms with van der Waals surface area (Å²) < 4.78 is 12.2. The van der Waals surface area contributed by atoms with E-state index in [4.69, 9.17) is 9.47 Å². The van der Waals surface area contributed by atoms with Crippen molar-refractivity contribution in [1.82, 2.24) is 0 Å². The second-order valence-electron chi connectivity index (χ2n) is 8.62. The summed E-state index contributed by atoms with van der Waals surface area (Å²) in [5.74, 6) is 0.236. The lowest BCUT2D eigenvalue weighted by Gasteiger charge is -2.34. The molecule has 0 aromatic heterocycles. The van der Waals surface area contributed by atoms with Crippen LogP contribution in [0.2, 0.25) is 0 Å². The molecular formula is C25H26O5. The van der Waals surface area contributed by atoms with Crippen LogP contribution in [-0.4, -0.2) is 28.2 Å². The zero-order valence-electron chi connectivity index (χ0n) is 17.7. The van der Waals surface area contributed by atoms with Gasteiger partial charge in [-0.3, -0.25) is 4.79 Å². The standard InChI is InChI=1S/C25H26O5/c1-14(2)5-10-17-21(27)20-22(28)19(15-6-8-16(26)9-7-15)13-29-24(20)18-11-12-25(3,4)30-23(17)18/h5-9,11-12,19,26-27H,10,13H2,1-4H3. The predicted octanol–water partition coefficient (Wildman–Crippen LogP) is 5.15. The second kappa shape index (κ2) is 7.24. The third kappa shape index (κ3) is 3.45. The van der Waals surface area contributed by atoms with Gasteiger partial charge in [0.25, 0.3) is 0 Å². The van der Waals surface area contributed by atoms with Crippen molar-refractivity contribution in [3.8, 4) is 23.0 Å². The van der Waals surface area contributed by atoms with Crippen molar-refractivity contribution in [3.05, 3.63) is 64.2 Å². The lowest BCUT2D eigenvalue weighted by molar-refractivity contribution is 0.0889. The van der Waals surface area contributed by atoms with E-state index in [-0.39, 0.29) is 29.5 Å². The van der Waals surface area contributed by atoms with E-state index in [1.165, 1.54) is 0 Å². The van der Waals surface area contributed by atoms with Crippen LogP contribution in [0.1, 0.15) is 60.7 Å². The van der Waals surface area contributed by atoms with E-state index >= 15 is 0 Å². The van der Waals surface area contributed by atoms with Crippen LogP contribution >= 0.6 is 0 Å². The van der Waals surface area contributed by atoms with Gasteiger partial charge in [-0.25, -0.2) is 0 Å². The van der Waals surface area contributed by atoms with Gasteiger partial charge in [-0.2, -0.15) is 0 Å². The van der Waals surface area contributed by atoms with Crippen LogP contribution in [0.3, 0.4) is 0 Å². The molecule has 0 bridgehead atoms. The zero-order chi connectivity index (χ0) is 21.6. The molecule has 4 rings (SSSR count). The summed E-state index contributed by atoms with van der Waals surface area (Å²) in [4.78, 5) is 13.4. The minimum absolute atomic E-state index is 0.0826. The maximum Gasteiger partial charge on any atom is 0.181 e. The molecule has 0 spiro atoms. The number of hydrogen-bond acceptors (Lipinski definition) is 5. The van der Waals surface area contributed by atoms with Gasteiger partial charge in [0, 0.05) is 5.56 Å². The number of hydrogen-bond donors (Lipinski definition) is 2. The minimum atomic E-state index is -0.553. The van der Waals surface area contributed by atoms with Gasteiger partial charge in [0.1, 0.15) is 40.8 Å². The summed E-state index contributed by atoms with van der Waals surface area (Å²) in [7, 11) is 0. The lowest BCUT2D eigenvalue weighted by atomic mass is 9.84. The fraction of sp³-hybridized carbons (Fsp3) is 0.320. The van der Waals surface area contributed by atoms with Crippen molar-refractivity contribution < 1.29 is 24.5 Å². The molecule has 30 heavy (non-hydrogen) atoms. The molecule has 0 saturated heterocycles. The molecular weight excluding hydrogens is 380 g/mol.